The highest BCUT2D eigenvalue weighted by Gasteiger charge is 2.79. The summed E-state index contributed by atoms with van der Waals surface area (Å²) in [5, 5.41) is 23.1. The van der Waals surface area contributed by atoms with Crippen LogP contribution in [0.4, 0.5) is 22.0 Å². The standard InChI is InChI=1S/C30H32F5NO6/c1-26-8-7-18(38)10-22(26)23(31)11-21-20-9-17-14-36(13-16-3-5-19(6-4-16)41-30(33,34)35)42-29(17,25(40)15-37)27(20,2)12-24(39)28(21,26)32/h3-8,17,20-21,24,37,39H,9-15H2,1-2H3/t17-,20-,21-,24-,26-,27-,28-,29-/m0/s1. The number of ether oxygens (including phenoxy) is 1. The first kappa shape index (κ1) is 29.4. The van der Waals surface area contributed by atoms with Crippen molar-refractivity contribution in [3.63, 3.8) is 0 Å². The zero-order valence-electron chi connectivity index (χ0n) is 23.1. The zero-order valence-corrected chi connectivity index (χ0v) is 23.1. The third-order valence-corrected chi connectivity index (χ3v) is 10.8. The van der Waals surface area contributed by atoms with Gasteiger partial charge in [-0.3, -0.25) is 14.4 Å². The monoisotopic (exact) mass is 597 g/mol. The Hall–Kier alpha value is -2.67. The minimum atomic E-state index is -4.83. The van der Waals surface area contributed by atoms with Crippen molar-refractivity contribution in [2.45, 2.75) is 69.8 Å². The molecule has 0 radical (unpaired) electrons. The zero-order chi connectivity index (χ0) is 30.5. The first-order chi connectivity index (χ1) is 19.6. The van der Waals surface area contributed by atoms with Crippen molar-refractivity contribution >= 4 is 11.6 Å². The van der Waals surface area contributed by atoms with E-state index in [1.807, 2.05) is 0 Å². The highest BCUT2D eigenvalue weighted by atomic mass is 19.4. The number of nitrogens with zero attached hydrogens (tertiary/aromatic N) is 1. The van der Waals surface area contributed by atoms with Crippen LogP contribution in [0.5, 0.6) is 5.75 Å². The Morgan fingerprint density at radius 2 is 1.88 bits per heavy atom. The van der Waals surface area contributed by atoms with E-state index in [0.29, 0.717) is 5.56 Å². The van der Waals surface area contributed by atoms with Crippen LogP contribution in [0, 0.1) is 28.6 Å². The van der Waals surface area contributed by atoms with E-state index in [1.54, 1.807) is 6.92 Å². The topological polar surface area (TPSA) is 96.3 Å². The van der Waals surface area contributed by atoms with Crippen molar-refractivity contribution in [3.8, 4) is 5.75 Å². The summed E-state index contributed by atoms with van der Waals surface area (Å²) >= 11 is 0. The van der Waals surface area contributed by atoms with Gasteiger partial charge in [0.05, 0.1) is 6.10 Å². The van der Waals surface area contributed by atoms with Gasteiger partial charge in [-0.15, -0.1) is 13.2 Å². The number of alkyl halides is 4. The molecule has 228 valence electrons. The lowest BCUT2D eigenvalue weighted by Crippen LogP contribution is -2.69. The third kappa shape index (κ3) is 3.90. The molecule has 0 unspecified atom stereocenters. The Labute approximate surface area is 238 Å². The van der Waals surface area contributed by atoms with E-state index in [9.17, 15) is 33.0 Å². The maximum Gasteiger partial charge on any atom is 0.573 e. The Bertz CT molecular complexity index is 1380. The van der Waals surface area contributed by atoms with Crippen molar-refractivity contribution in [1.29, 1.82) is 0 Å². The number of rotatable bonds is 5. The molecular formula is C30H32F5NO6. The lowest BCUT2D eigenvalue weighted by atomic mass is 9.45. The van der Waals surface area contributed by atoms with Gasteiger partial charge in [-0.25, -0.2) is 8.78 Å². The van der Waals surface area contributed by atoms with Gasteiger partial charge in [0.15, 0.2) is 22.8 Å². The number of allylic oxidation sites excluding steroid dienone is 4. The van der Waals surface area contributed by atoms with Gasteiger partial charge >= 0.3 is 6.36 Å². The summed E-state index contributed by atoms with van der Waals surface area (Å²) < 4.78 is 74.6. The molecule has 12 heteroatoms. The van der Waals surface area contributed by atoms with Crippen LogP contribution in [0.15, 0.2) is 47.8 Å². The SMILES string of the molecule is C[C@]12C=CC(=O)CC1=C(F)C[C@H]1[C@@H]3C[C@H]4CN(Cc5ccc(OC(F)(F)F)cc5)O[C@@]4(C(=O)CO)[C@@]3(C)C[C@H](O)[C@@]12F. The number of benzene rings is 1. The average Bonchev–Trinajstić information content (AvgIpc) is 3.39. The molecule has 2 N–H and O–H groups in total. The number of aliphatic hydroxyl groups is 2. The molecule has 1 saturated heterocycles. The summed E-state index contributed by atoms with van der Waals surface area (Å²) in [7, 11) is 0. The van der Waals surface area contributed by atoms with Crippen LogP contribution in [-0.2, 0) is 21.0 Å². The molecule has 42 heavy (non-hydrogen) atoms. The van der Waals surface area contributed by atoms with Crippen molar-refractivity contribution < 1.29 is 51.3 Å². The van der Waals surface area contributed by atoms with Gasteiger partial charge in [-0.1, -0.05) is 25.1 Å². The van der Waals surface area contributed by atoms with Gasteiger partial charge < -0.3 is 14.9 Å². The van der Waals surface area contributed by atoms with Gasteiger partial charge in [0.1, 0.15) is 18.2 Å². The first-order valence-electron chi connectivity index (χ1n) is 14.0. The molecule has 7 nitrogen and oxygen atoms in total. The summed E-state index contributed by atoms with van der Waals surface area (Å²) in [5.41, 5.74) is -6.05. The van der Waals surface area contributed by atoms with Gasteiger partial charge in [0.2, 0.25) is 0 Å². The number of Topliss-reactive ketones (excluding diaryl/α,β-unsaturated/α-hetero) is 1. The van der Waals surface area contributed by atoms with E-state index in [0.717, 1.165) is 12.1 Å². The predicted molar refractivity (Wildman–Crippen MR) is 137 cm³/mol. The Morgan fingerprint density at radius 3 is 2.52 bits per heavy atom. The summed E-state index contributed by atoms with van der Waals surface area (Å²) in [5.74, 6) is -4.08. The minimum Gasteiger partial charge on any atom is -0.406 e. The van der Waals surface area contributed by atoms with Gasteiger partial charge in [0, 0.05) is 48.6 Å². The minimum absolute atomic E-state index is 0.0461. The fourth-order valence-corrected chi connectivity index (χ4v) is 9.01. The highest BCUT2D eigenvalue weighted by molar-refractivity contribution is 5.94. The number of hydroxylamine groups is 2. The summed E-state index contributed by atoms with van der Waals surface area (Å²) in [6.45, 7) is 2.66. The fraction of sp³-hybridized carbons (Fsp3) is 0.600. The molecule has 1 heterocycles. The second-order valence-corrected chi connectivity index (χ2v) is 12.7. The third-order valence-electron chi connectivity index (χ3n) is 10.8. The van der Waals surface area contributed by atoms with E-state index in [1.165, 1.54) is 36.3 Å². The van der Waals surface area contributed by atoms with Crippen molar-refractivity contribution in [3.05, 3.63) is 53.4 Å². The first-order valence-corrected chi connectivity index (χ1v) is 14.0. The molecule has 1 aliphatic heterocycles. The Kier molecular flexibility index (Phi) is 6.59. The van der Waals surface area contributed by atoms with E-state index >= 15 is 8.78 Å². The molecule has 6 rings (SSSR count). The molecule has 1 aromatic carbocycles. The van der Waals surface area contributed by atoms with Crippen molar-refractivity contribution in [2.24, 2.45) is 28.6 Å². The van der Waals surface area contributed by atoms with Crippen LogP contribution in [0.2, 0.25) is 0 Å². The van der Waals surface area contributed by atoms with Crippen LogP contribution >= 0.6 is 0 Å². The number of hydrogen-bond acceptors (Lipinski definition) is 7. The summed E-state index contributed by atoms with van der Waals surface area (Å²) in [6.07, 6.45) is -4.38. The molecule has 5 aliphatic rings. The van der Waals surface area contributed by atoms with Gasteiger partial charge in [-0.2, -0.15) is 5.06 Å². The summed E-state index contributed by atoms with van der Waals surface area (Å²) in [4.78, 5) is 32.0. The lowest BCUT2D eigenvalue weighted by molar-refractivity contribution is -0.274. The van der Waals surface area contributed by atoms with Crippen LogP contribution in [-0.4, -0.2) is 63.7 Å². The summed E-state index contributed by atoms with van der Waals surface area (Å²) in [6, 6.07) is 5.20. The van der Waals surface area contributed by atoms with Gasteiger partial charge in [0.25, 0.3) is 0 Å². The van der Waals surface area contributed by atoms with E-state index in [2.05, 4.69) is 4.74 Å². The molecule has 4 aliphatic carbocycles. The van der Waals surface area contributed by atoms with E-state index < -0.39 is 70.5 Å². The number of ketones is 2. The lowest BCUT2D eigenvalue weighted by Gasteiger charge is -2.62. The van der Waals surface area contributed by atoms with E-state index in [4.69, 9.17) is 4.84 Å². The van der Waals surface area contributed by atoms with Crippen LogP contribution in [0.25, 0.3) is 0 Å². The molecule has 3 fully saturated rings. The van der Waals surface area contributed by atoms with Crippen LogP contribution in [0.3, 0.4) is 0 Å². The smallest absolute Gasteiger partial charge is 0.406 e. The second-order valence-electron chi connectivity index (χ2n) is 12.7. The van der Waals surface area contributed by atoms with Crippen LogP contribution < -0.4 is 4.74 Å². The van der Waals surface area contributed by atoms with Crippen molar-refractivity contribution in [1.82, 2.24) is 5.06 Å². The number of carbonyl (C=O) groups is 2. The Morgan fingerprint density at radius 1 is 1.19 bits per heavy atom. The number of hydrogen-bond donors (Lipinski definition) is 2. The average molecular weight is 598 g/mol. The van der Waals surface area contributed by atoms with Crippen molar-refractivity contribution in [2.75, 3.05) is 13.2 Å². The number of fused-ring (bicyclic) bond motifs is 7. The number of carbonyl (C=O) groups excluding carboxylic acids is 2. The number of halogens is 5. The quantitative estimate of drug-likeness (QED) is 0.482. The molecule has 0 bridgehead atoms. The predicted octanol–water partition coefficient (Wildman–Crippen LogP) is 4.53. The molecule has 8 atom stereocenters. The maximum absolute atomic E-state index is 17.4. The second kappa shape index (κ2) is 9.41. The Balaban J connectivity index is 1.32. The molecule has 0 spiro atoms. The molecular weight excluding hydrogens is 565 g/mol. The fourth-order valence-electron chi connectivity index (χ4n) is 9.01. The molecule has 1 aromatic rings. The normalized spacial score (nSPS) is 41.3. The maximum atomic E-state index is 17.4. The molecule has 0 amide bonds. The van der Waals surface area contributed by atoms with E-state index in [-0.39, 0.29) is 55.9 Å². The largest absolute Gasteiger partial charge is 0.573 e. The molecule has 2 saturated carbocycles. The van der Waals surface area contributed by atoms with Gasteiger partial charge in [-0.05, 0) is 55.0 Å². The van der Waals surface area contributed by atoms with Crippen LogP contribution in [0.1, 0.15) is 45.1 Å². The molecule has 0 aromatic heterocycles. The highest BCUT2D eigenvalue weighted by Crippen LogP contribution is 2.72. The number of aliphatic hydroxyl groups excluding tert-OH is 2.